The number of nitrogens with one attached hydrogen (secondary N) is 1. The van der Waals surface area contributed by atoms with Gasteiger partial charge < -0.3 is 29.4 Å². The average molecular weight is 518 g/mol. The lowest BCUT2D eigenvalue weighted by atomic mass is 9.98. The molecule has 1 fully saturated rings. The molecule has 3 unspecified atom stereocenters. The number of hydrogen-bond donors (Lipinski definition) is 6. The van der Waals surface area contributed by atoms with E-state index < -0.39 is 59.8 Å². The van der Waals surface area contributed by atoms with E-state index in [2.05, 4.69) is 18.1 Å². The molecule has 1 aliphatic rings. The van der Waals surface area contributed by atoms with Crippen LogP contribution in [0.2, 0.25) is 0 Å². The number of ether oxygens (including phenoxy) is 1. The first-order valence-electron chi connectivity index (χ1n) is 8.35. The second kappa shape index (κ2) is 8.71. The van der Waals surface area contributed by atoms with Gasteiger partial charge in [0.1, 0.15) is 16.8 Å². The molecule has 2 heterocycles. The molecule has 0 saturated carbocycles. The zero-order valence-electron chi connectivity index (χ0n) is 16.5. The molecule has 1 aliphatic heterocycles. The highest BCUT2D eigenvalue weighted by Crippen LogP contribution is 2.66. The summed E-state index contributed by atoms with van der Waals surface area (Å²) in [5.74, 6) is 0. The van der Waals surface area contributed by atoms with Crippen LogP contribution in [0.4, 0.5) is 4.39 Å². The summed E-state index contributed by atoms with van der Waals surface area (Å²) in [6, 6.07) is 1.15. The largest absolute Gasteiger partial charge is 0.490 e. The van der Waals surface area contributed by atoms with Crippen LogP contribution in [0.15, 0.2) is 17.1 Å². The summed E-state index contributed by atoms with van der Waals surface area (Å²) in [5.41, 5.74) is -3.90. The van der Waals surface area contributed by atoms with E-state index in [1.807, 2.05) is 0 Å². The highest BCUT2D eigenvalue weighted by atomic mass is 32.1. The highest BCUT2D eigenvalue weighted by molar-refractivity contribution is 7.71. The minimum Gasteiger partial charge on any atom is -0.387 e. The lowest BCUT2D eigenvalue weighted by Gasteiger charge is -2.24. The first kappa shape index (κ1) is 22.6. The number of H-pyrrole nitrogens is 1. The van der Waals surface area contributed by atoms with Crippen LogP contribution >= 0.6 is 35.7 Å². The van der Waals surface area contributed by atoms with Crippen molar-refractivity contribution in [2.45, 2.75) is 31.0 Å². The standard InChI is InChI=1S/C10H16FN2O13P3S/c1-10(11)7(14)5(24-8(10)13-3-2-6(30)12-9(13)15)4-23-28(19,20)26-29(21,22)25-27(16,17)18/h2-3,5,7-8,14H,4H2,1H3,(H,19,20)(H,21,22)(H,12,15,30)(H2,16,17,18)/t5-,7+,8-,10?/m1/s1/i4D2. The van der Waals surface area contributed by atoms with Gasteiger partial charge in [-0.1, -0.05) is 12.2 Å². The summed E-state index contributed by atoms with van der Waals surface area (Å²) in [6.45, 7) is -2.92. The second-order valence-corrected chi connectivity index (χ2v) is 10.6. The van der Waals surface area contributed by atoms with Crippen LogP contribution in [0.25, 0.3) is 0 Å². The zero-order valence-corrected chi connectivity index (χ0v) is 18.0. The lowest BCUT2D eigenvalue weighted by molar-refractivity contribution is -0.0604. The van der Waals surface area contributed by atoms with Crippen LogP contribution in [0.5, 0.6) is 0 Å². The van der Waals surface area contributed by atoms with Crippen LogP contribution < -0.4 is 5.69 Å². The van der Waals surface area contributed by atoms with Crippen LogP contribution in [0.1, 0.15) is 15.9 Å². The van der Waals surface area contributed by atoms with Gasteiger partial charge in [0, 0.05) is 6.20 Å². The van der Waals surface area contributed by atoms with E-state index in [1.165, 1.54) is 0 Å². The van der Waals surface area contributed by atoms with Crippen molar-refractivity contribution in [3.05, 3.63) is 27.4 Å². The van der Waals surface area contributed by atoms with E-state index in [9.17, 15) is 28.5 Å². The van der Waals surface area contributed by atoms with Gasteiger partial charge >= 0.3 is 29.2 Å². The van der Waals surface area contributed by atoms with Crippen molar-refractivity contribution in [2.24, 2.45) is 0 Å². The maximum atomic E-state index is 15.2. The second-order valence-electron chi connectivity index (χ2n) is 5.82. The molecule has 0 spiro atoms. The van der Waals surface area contributed by atoms with Crippen LogP contribution in [-0.2, 0) is 31.6 Å². The summed E-state index contributed by atoms with van der Waals surface area (Å²) in [6.07, 6.45) is -5.90. The number of hydrogen-bond acceptors (Lipinski definition) is 10. The van der Waals surface area contributed by atoms with E-state index >= 15 is 4.39 Å². The Morgan fingerprint density at radius 3 is 2.47 bits per heavy atom. The SMILES string of the molecule is [2H]C([2H])(OP(=O)(O)OP(=O)(O)OP(=O)(O)O)[C@H]1O[C@@H](n2ccc(=S)[nH]c2=O)C(C)(F)[C@H]1O. The Bertz CT molecular complexity index is 1140. The number of aliphatic hydroxyl groups is 1. The van der Waals surface area contributed by atoms with Crippen molar-refractivity contribution < 1.29 is 63.4 Å². The summed E-state index contributed by atoms with van der Waals surface area (Å²) < 4.78 is 81.0. The van der Waals surface area contributed by atoms with E-state index in [0.29, 0.717) is 4.57 Å². The van der Waals surface area contributed by atoms with Gasteiger partial charge in [-0.3, -0.25) is 14.1 Å². The molecular formula is C10H16FN2O13P3S. The Kier molecular flexibility index (Phi) is 6.55. The van der Waals surface area contributed by atoms with E-state index in [4.69, 9.17) is 34.4 Å². The minimum absolute atomic E-state index is 0.0371. The van der Waals surface area contributed by atoms with Gasteiger partial charge in [-0.15, -0.1) is 0 Å². The molecule has 0 radical (unpaired) electrons. The van der Waals surface area contributed by atoms with Gasteiger partial charge in [-0.25, -0.2) is 22.9 Å². The Labute approximate surface area is 174 Å². The number of halogens is 1. The minimum atomic E-state index is -6.01. The van der Waals surface area contributed by atoms with Crippen molar-refractivity contribution in [1.82, 2.24) is 9.55 Å². The number of rotatable bonds is 8. The molecule has 0 bridgehead atoms. The van der Waals surface area contributed by atoms with E-state index in [-0.39, 0.29) is 4.64 Å². The van der Waals surface area contributed by atoms with Crippen molar-refractivity contribution in [1.29, 1.82) is 0 Å². The van der Waals surface area contributed by atoms with Crippen LogP contribution in [0, 0.1) is 4.64 Å². The number of aromatic nitrogens is 2. The third-order valence-electron chi connectivity index (χ3n) is 3.43. The smallest absolute Gasteiger partial charge is 0.387 e. The van der Waals surface area contributed by atoms with Crippen molar-refractivity contribution >= 4 is 35.7 Å². The van der Waals surface area contributed by atoms with Crippen LogP contribution in [0.3, 0.4) is 0 Å². The van der Waals surface area contributed by atoms with Gasteiger partial charge in [0.05, 0.1) is 9.30 Å². The molecule has 0 amide bonds. The maximum Gasteiger partial charge on any atom is 0.490 e. The first-order chi connectivity index (χ1) is 14.2. The molecule has 1 aromatic heterocycles. The Morgan fingerprint density at radius 2 is 1.93 bits per heavy atom. The number of nitrogens with zero attached hydrogens (tertiary/aromatic N) is 1. The molecular weight excluding hydrogens is 500 g/mol. The molecule has 2 rings (SSSR count). The van der Waals surface area contributed by atoms with Gasteiger partial charge in [0.25, 0.3) is 0 Å². The molecule has 15 nitrogen and oxygen atoms in total. The first-order valence-corrected chi connectivity index (χ1v) is 12.3. The predicted molar refractivity (Wildman–Crippen MR) is 95.1 cm³/mol. The molecule has 0 aliphatic carbocycles. The average Bonchev–Trinajstić information content (AvgIpc) is 2.74. The fraction of sp³-hybridized carbons (Fsp3) is 0.600. The van der Waals surface area contributed by atoms with E-state index in [1.54, 1.807) is 0 Å². The Morgan fingerprint density at radius 1 is 1.33 bits per heavy atom. The number of alkyl halides is 1. The summed E-state index contributed by atoms with van der Waals surface area (Å²) >= 11 is 4.72. The molecule has 1 aromatic rings. The third kappa shape index (κ3) is 6.43. The monoisotopic (exact) mass is 518 g/mol. The summed E-state index contributed by atoms with van der Waals surface area (Å²) in [7, 11) is -17.7. The fourth-order valence-corrected chi connectivity index (χ4v) is 5.27. The molecule has 6 atom stereocenters. The maximum absolute atomic E-state index is 15.2. The topological polar surface area (TPSA) is 227 Å². The van der Waals surface area contributed by atoms with Gasteiger partial charge in [-0.05, 0) is 13.0 Å². The molecule has 6 N–H and O–H groups in total. The fourth-order valence-electron chi connectivity index (χ4n) is 2.25. The molecule has 0 aromatic carbocycles. The number of phosphoric acid groups is 3. The normalized spacial score (nSPS) is 32.7. The summed E-state index contributed by atoms with van der Waals surface area (Å²) in [4.78, 5) is 49.8. The number of aromatic amines is 1. The quantitative estimate of drug-likeness (QED) is 0.200. The molecule has 30 heavy (non-hydrogen) atoms. The predicted octanol–water partition coefficient (Wildman–Crippen LogP) is 0.236. The number of phosphoric ester groups is 1. The molecule has 1 saturated heterocycles. The van der Waals surface area contributed by atoms with Crippen LogP contribution in [-0.4, -0.2) is 58.7 Å². The van der Waals surface area contributed by atoms with Gasteiger partial charge in [-0.2, -0.15) is 8.62 Å². The lowest BCUT2D eigenvalue weighted by Crippen LogP contribution is -2.42. The van der Waals surface area contributed by atoms with Crippen molar-refractivity contribution in [3.8, 4) is 0 Å². The van der Waals surface area contributed by atoms with Crippen molar-refractivity contribution in [3.63, 3.8) is 0 Å². The Balaban J connectivity index is 2.30. The third-order valence-corrected chi connectivity index (χ3v) is 7.33. The highest BCUT2D eigenvalue weighted by Gasteiger charge is 2.56. The Hall–Kier alpha value is -0.640. The summed E-state index contributed by atoms with van der Waals surface area (Å²) in [5, 5.41) is 10.2. The van der Waals surface area contributed by atoms with E-state index in [0.717, 1.165) is 19.2 Å². The number of aliphatic hydroxyl groups excluding tert-OH is 1. The van der Waals surface area contributed by atoms with Gasteiger partial charge in [0.15, 0.2) is 11.9 Å². The zero-order chi connectivity index (χ0) is 24.9. The van der Waals surface area contributed by atoms with Crippen molar-refractivity contribution in [2.75, 3.05) is 6.56 Å². The van der Waals surface area contributed by atoms with Gasteiger partial charge in [0.2, 0.25) is 0 Å². The molecule has 20 heteroatoms. The molecule has 172 valence electrons.